The number of carbonyl (C=O) groups is 2. The number of nitrogens with zero attached hydrogens (tertiary/aromatic N) is 2. The van der Waals surface area contributed by atoms with Crippen LogP contribution in [0.3, 0.4) is 0 Å². The number of pyridine rings is 1. The van der Waals surface area contributed by atoms with Gasteiger partial charge in [-0.3, -0.25) is 9.59 Å². The molecule has 0 aliphatic carbocycles. The number of rotatable bonds is 4. The molecule has 1 aromatic heterocycles. The van der Waals surface area contributed by atoms with Crippen LogP contribution in [0.5, 0.6) is 0 Å². The predicted molar refractivity (Wildman–Crippen MR) is 95.0 cm³/mol. The minimum Gasteiger partial charge on any atom is -0.363 e. The molecule has 2 amide bonds. The van der Waals surface area contributed by atoms with Gasteiger partial charge in [0.2, 0.25) is 5.91 Å². The van der Waals surface area contributed by atoms with Gasteiger partial charge >= 0.3 is 0 Å². The van der Waals surface area contributed by atoms with Crippen molar-refractivity contribution >= 4 is 44.9 Å². The molecule has 0 saturated carbocycles. The number of anilines is 3. The van der Waals surface area contributed by atoms with E-state index >= 15 is 0 Å². The fourth-order valence-corrected chi connectivity index (χ4v) is 2.28. The molecular formula is C16H17BrN4O2. The molecule has 0 atom stereocenters. The minimum atomic E-state index is -0.278. The Balaban J connectivity index is 2.28. The molecule has 2 N–H and O–H groups in total. The molecule has 2 rings (SSSR count). The zero-order valence-corrected chi connectivity index (χ0v) is 14.6. The predicted octanol–water partition coefficient (Wildman–Crippen LogP) is 3.12. The van der Waals surface area contributed by atoms with Gasteiger partial charge in [-0.1, -0.05) is 15.9 Å². The molecule has 1 aromatic carbocycles. The van der Waals surface area contributed by atoms with Gasteiger partial charge in [-0.25, -0.2) is 4.98 Å². The van der Waals surface area contributed by atoms with Crippen LogP contribution in [0.4, 0.5) is 17.2 Å². The van der Waals surface area contributed by atoms with Crippen molar-refractivity contribution in [1.29, 1.82) is 0 Å². The molecule has 0 aliphatic heterocycles. The molecule has 7 heteroatoms. The van der Waals surface area contributed by atoms with E-state index in [1.54, 1.807) is 36.5 Å². The second-order valence-electron chi connectivity index (χ2n) is 5.12. The molecule has 0 spiro atoms. The van der Waals surface area contributed by atoms with Crippen LogP contribution in [0.25, 0.3) is 0 Å². The number of hydrogen-bond acceptors (Lipinski definition) is 4. The smallest absolute Gasteiger partial charge is 0.255 e. The Morgan fingerprint density at radius 2 is 1.83 bits per heavy atom. The fourth-order valence-electron chi connectivity index (χ4n) is 1.92. The van der Waals surface area contributed by atoms with Crippen LogP contribution in [0.1, 0.15) is 17.3 Å². The number of hydrogen-bond donors (Lipinski definition) is 2. The van der Waals surface area contributed by atoms with Crippen molar-refractivity contribution in [2.45, 2.75) is 6.92 Å². The van der Waals surface area contributed by atoms with E-state index in [4.69, 9.17) is 0 Å². The summed E-state index contributed by atoms with van der Waals surface area (Å²) in [6.45, 7) is 1.42. The largest absolute Gasteiger partial charge is 0.363 e. The van der Waals surface area contributed by atoms with Crippen molar-refractivity contribution in [3.63, 3.8) is 0 Å². The van der Waals surface area contributed by atoms with Crippen LogP contribution in [0.2, 0.25) is 0 Å². The summed E-state index contributed by atoms with van der Waals surface area (Å²) in [7, 11) is 3.71. The molecule has 23 heavy (non-hydrogen) atoms. The van der Waals surface area contributed by atoms with Gasteiger partial charge in [-0.2, -0.15) is 0 Å². The first-order valence-corrected chi connectivity index (χ1v) is 7.68. The van der Waals surface area contributed by atoms with Gasteiger partial charge in [-0.05, 0) is 30.3 Å². The summed E-state index contributed by atoms with van der Waals surface area (Å²) < 4.78 is 0.797. The average Bonchev–Trinajstić information content (AvgIpc) is 2.49. The molecule has 2 aromatic rings. The summed E-state index contributed by atoms with van der Waals surface area (Å²) in [4.78, 5) is 29.7. The van der Waals surface area contributed by atoms with E-state index in [2.05, 4.69) is 31.5 Å². The Bertz CT molecular complexity index is 747. The first-order valence-electron chi connectivity index (χ1n) is 6.88. The molecule has 0 unspecified atom stereocenters. The Morgan fingerprint density at radius 1 is 1.09 bits per heavy atom. The maximum Gasteiger partial charge on any atom is 0.255 e. The van der Waals surface area contributed by atoms with Crippen molar-refractivity contribution < 1.29 is 9.59 Å². The second-order valence-corrected chi connectivity index (χ2v) is 6.04. The third-order valence-corrected chi connectivity index (χ3v) is 3.50. The highest BCUT2D eigenvalue weighted by Gasteiger charge is 2.12. The zero-order valence-electron chi connectivity index (χ0n) is 13.1. The molecule has 0 radical (unpaired) electrons. The van der Waals surface area contributed by atoms with Gasteiger partial charge in [-0.15, -0.1) is 0 Å². The average molecular weight is 377 g/mol. The van der Waals surface area contributed by atoms with Crippen LogP contribution in [-0.2, 0) is 4.79 Å². The number of benzene rings is 1. The van der Waals surface area contributed by atoms with Gasteiger partial charge in [0, 0.05) is 37.3 Å². The van der Waals surface area contributed by atoms with E-state index < -0.39 is 0 Å². The van der Waals surface area contributed by atoms with E-state index in [0.29, 0.717) is 22.8 Å². The SMILES string of the molecule is CC(=O)Nc1ccc(Br)cc1NC(=O)c1ccnc(N(C)C)c1. The molecule has 0 aliphatic rings. The van der Waals surface area contributed by atoms with E-state index in [-0.39, 0.29) is 11.8 Å². The van der Waals surface area contributed by atoms with Crippen molar-refractivity contribution in [2.24, 2.45) is 0 Å². The van der Waals surface area contributed by atoms with E-state index in [9.17, 15) is 9.59 Å². The van der Waals surface area contributed by atoms with Gasteiger partial charge in [0.25, 0.3) is 5.91 Å². The first kappa shape index (κ1) is 17.0. The van der Waals surface area contributed by atoms with Gasteiger partial charge in [0.1, 0.15) is 5.82 Å². The molecule has 0 bridgehead atoms. The summed E-state index contributed by atoms with van der Waals surface area (Å²) in [6, 6.07) is 8.58. The first-order chi connectivity index (χ1) is 10.9. The molecule has 0 saturated heterocycles. The Hall–Kier alpha value is -2.41. The molecule has 120 valence electrons. The number of nitrogens with one attached hydrogen (secondary N) is 2. The van der Waals surface area contributed by atoms with Gasteiger partial charge in [0.05, 0.1) is 11.4 Å². The van der Waals surface area contributed by atoms with Crippen LogP contribution in [-0.4, -0.2) is 30.9 Å². The summed E-state index contributed by atoms with van der Waals surface area (Å²) in [6.07, 6.45) is 1.58. The summed E-state index contributed by atoms with van der Waals surface area (Å²) >= 11 is 3.36. The third-order valence-electron chi connectivity index (χ3n) is 3.01. The number of halogens is 1. The van der Waals surface area contributed by atoms with Gasteiger partial charge < -0.3 is 15.5 Å². The van der Waals surface area contributed by atoms with Crippen molar-refractivity contribution in [2.75, 3.05) is 29.6 Å². The summed E-state index contributed by atoms with van der Waals surface area (Å²) in [5, 5.41) is 5.50. The highest BCUT2D eigenvalue weighted by Crippen LogP contribution is 2.26. The van der Waals surface area contributed by atoms with Crippen molar-refractivity contribution in [1.82, 2.24) is 4.98 Å². The standard InChI is InChI=1S/C16H17BrN4O2/c1-10(22)19-13-5-4-12(17)9-14(13)20-16(23)11-6-7-18-15(8-11)21(2)3/h4-9H,1-3H3,(H,19,22)(H,20,23). The number of carbonyl (C=O) groups excluding carboxylic acids is 2. The summed E-state index contributed by atoms with van der Waals surface area (Å²) in [5.74, 6) is 0.204. The Kier molecular flexibility index (Phi) is 5.33. The van der Waals surface area contributed by atoms with Crippen LogP contribution < -0.4 is 15.5 Å². The molecule has 6 nitrogen and oxygen atoms in total. The number of aromatic nitrogens is 1. The maximum absolute atomic E-state index is 12.5. The molecular weight excluding hydrogens is 360 g/mol. The Morgan fingerprint density at radius 3 is 2.48 bits per heavy atom. The highest BCUT2D eigenvalue weighted by atomic mass is 79.9. The van der Waals surface area contributed by atoms with Crippen LogP contribution >= 0.6 is 15.9 Å². The van der Waals surface area contributed by atoms with Gasteiger partial charge in [0.15, 0.2) is 0 Å². The minimum absolute atomic E-state index is 0.207. The normalized spacial score (nSPS) is 10.1. The highest BCUT2D eigenvalue weighted by molar-refractivity contribution is 9.10. The lowest BCUT2D eigenvalue weighted by Gasteiger charge is -2.14. The lowest BCUT2D eigenvalue weighted by molar-refractivity contribution is -0.114. The van der Waals surface area contributed by atoms with Crippen molar-refractivity contribution in [3.8, 4) is 0 Å². The van der Waals surface area contributed by atoms with Crippen molar-refractivity contribution in [3.05, 3.63) is 46.6 Å². The fraction of sp³-hybridized carbons (Fsp3) is 0.188. The zero-order chi connectivity index (χ0) is 17.0. The second kappa shape index (κ2) is 7.23. The molecule has 0 fully saturated rings. The lowest BCUT2D eigenvalue weighted by atomic mass is 10.2. The van der Waals surface area contributed by atoms with Crippen LogP contribution in [0.15, 0.2) is 41.0 Å². The van der Waals surface area contributed by atoms with E-state index in [0.717, 1.165) is 4.47 Å². The lowest BCUT2D eigenvalue weighted by Crippen LogP contribution is -2.17. The third kappa shape index (κ3) is 4.53. The topological polar surface area (TPSA) is 74.3 Å². The van der Waals surface area contributed by atoms with E-state index in [1.165, 1.54) is 6.92 Å². The maximum atomic E-state index is 12.5. The monoisotopic (exact) mass is 376 g/mol. The Labute approximate surface area is 143 Å². The van der Waals surface area contributed by atoms with E-state index in [1.807, 2.05) is 19.0 Å². The van der Waals surface area contributed by atoms with Crippen LogP contribution in [0, 0.1) is 0 Å². The quantitative estimate of drug-likeness (QED) is 0.859. The summed E-state index contributed by atoms with van der Waals surface area (Å²) in [5.41, 5.74) is 1.54. The molecule has 1 heterocycles. The number of amides is 2.